The van der Waals surface area contributed by atoms with Crippen LogP contribution in [-0.2, 0) is 4.74 Å². The number of carbonyl (C=O) groups is 2. The Balaban J connectivity index is 2.22. The molecule has 20 heavy (non-hydrogen) atoms. The molecule has 2 aromatic rings. The van der Waals surface area contributed by atoms with Gasteiger partial charge in [-0.2, -0.15) is 0 Å². The van der Waals surface area contributed by atoms with E-state index in [0.29, 0.717) is 5.69 Å². The van der Waals surface area contributed by atoms with Crippen LogP contribution in [0.25, 0.3) is 0 Å². The van der Waals surface area contributed by atoms with Crippen LogP contribution in [0.5, 0.6) is 0 Å². The number of hydrogen-bond donors (Lipinski definition) is 1. The minimum atomic E-state index is -0.595. The summed E-state index contributed by atoms with van der Waals surface area (Å²) in [5.41, 5.74) is 0.660. The molecule has 0 spiro atoms. The molecule has 0 aliphatic rings. The Labute approximate surface area is 114 Å². The van der Waals surface area contributed by atoms with Gasteiger partial charge in [0.15, 0.2) is 0 Å². The lowest BCUT2D eigenvalue weighted by molar-refractivity contribution is 0.0526. The van der Waals surface area contributed by atoms with E-state index in [1.54, 1.807) is 32.0 Å². The van der Waals surface area contributed by atoms with Crippen molar-refractivity contribution in [1.29, 1.82) is 0 Å². The first-order valence-electron chi connectivity index (χ1n) is 5.99. The third-order valence-corrected chi connectivity index (χ3v) is 2.47. The van der Waals surface area contributed by atoms with Gasteiger partial charge in [0.2, 0.25) is 5.88 Å². The maximum absolute atomic E-state index is 11.9. The normalized spacial score (nSPS) is 10.1. The predicted molar refractivity (Wildman–Crippen MR) is 69.4 cm³/mol. The monoisotopic (exact) mass is 275 g/mol. The number of ether oxygens (including phenoxy) is 1. The first-order chi connectivity index (χ1) is 9.63. The maximum atomic E-state index is 11.9. The van der Waals surface area contributed by atoms with Gasteiger partial charge in [0.1, 0.15) is 11.3 Å². The summed E-state index contributed by atoms with van der Waals surface area (Å²) in [6.07, 6.45) is 1.49. The summed E-state index contributed by atoms with van der Waals surface area (Å²) in [5, 5.41) is 6.11. The molecule has 104 valence electrons. The summed E-state index contributed by atoms with van der Waals surface area (Å²) in [7, 11) is 0. The van der Waals surface area contributed by atoms with Gasteiger partial charge in [-0.05, 0) is 26.0 Å². The molecule has 0 bridgehead atoms. The summed E-state index contributed by atoms with van der Waals surface area (Å²) in [5.74, 6) is -1.13. The molecule has 0 saturated heterocycles. The highest BCUT2D eigenvalue weighted by Gasteiger charge is 2.23. The summed E-state index contributed by atoms with van der Waals surface area (Å²) >= 11 is 0. The van der Waals surface area contributed by atoms with Crippen LogP contribution in [-0.4, -0.2) is 28.6 Å². The number of pyridine rings is 1. The van der Waals surface area contributed by atoms with Crippen molar-refractivity contribution in [2.45, 2.75) is 13.8 Å². The predicted octanol–water partition coefficient (Wildman–Crippen LogP) is 1.81. The second-order valence-corrected chi connectivity index (χ2v) is 3.86. The van der Waals surface area contributed by atoms with Gasteiger partial charge in [-0.15, -0.1) is 0 Å². The second-order valence-electron chi connectivity index (χ2n) is 3.86. The van der Waals surface area contributed by atoms with E-state index in [0.717, 1.165) is 0 Å². The number of esters is 1. The molecular weight excluding hydrogens is 262 g/mol. The quantitative estimate of drug-likeness (QED) is 0.855. The Morgan fingerprint density at radius 2 is 2.20 bits per heavy atom. The van der Waals surface area contributed by atoms with Gasteiger partial charge in [-0.3, -0.25) is 15.1 Å². The highest BCUT2D eigenvalue weighted by atomic mass is 16.5. The first kappa shape index (κ1) is 13.7. The average Bonchev–Trinajstić information content (AvgIpc) is 2.81. The van der Waals surface area contributed by atoms with Crippen LogP contribution < -0.4 is 5.32 Å². The number of anilines is 1. The number of nitrogens with one attached hydrogen (secondary N) is 1. The summed E-state index contributed by atoms with van der Waals surface area (Å²) < 4.78 is 9.83. The van der Waals surface area contributed by atoms with E-state index >= 15 is 0 Å². The van der Waals surface area contributed by atoms with Crippen molar-refractivity contribution in [3.8, 4) is 0 Å². The van der Waals surface area contributed by atoms with Gasteiger partial charge in [0.25, 0.3) is 5.91 Å². The largest absolute Gasteiger partial charge is 0.462 e. The zero-order valence-electron chi connectivity index (χ0n) is 11.0. The van der Waals surface area contributed by atoms with E-state index in [1.165, 1.54) is 6.20 Å². The van der Waals surface area contributed by atoms with Crippen LogP contribution in [0.4, 0.5) is 5.88 Å². The molecule has 0 aliphatic carbocycles. The summed E-state index contributed by atoms with van der Waals surface area (Å²) in [6, 6.07) is 4.92. The highest BCUT2D eigenvalue weighted by molar-refractivity contribution is 6.06. The molecule has 1 N–H and O–H groups in total. The third-order valence-electron chi connectivity index (χ3n) is 2.47. The Hall–Kier alpha value is -2.70. The number of aromatic nitrogens is 2. The zero-order chi connectivity index (χ0) is 14.5. The van der Waals surface area contributed by atoms with Crippen LogP contribution in [0, 0.1) is 6.92 Å². The number of aryl methyl sites for hydroxylation is 1. The summed E-state index contributed by atoms with van der Waals surface area (Å²) in [4.78, 5) is 27.6. The molecular formula is C13H13N3O4. The molecule has 1 amide bonds. The number of hydrogen-bond acceptors (Lipinski definition) is 6. The third kappa shape index (κ3) is 2.82. The minimum absolute atomic E-state index is 0.0448. The van der Waals surface area contributed by atoms with Gasteiger partial charge in [0, 0.05) is 6.20 Å². The summed E-state index contributed by atoms with van der Waals surface area (Å²) in [6.45, 7) is 3.50. The zero-order valence-corrected chi connectivity index (χ0v) is 11.0. The van der Waals surface area contributed by atoms with E-state index in [-0.39, 0.29) is 23.7 Å². The second kappa shape index (κ2) is 5.96. The molecule has 0 radical (unpaired) electrons. The Bertz CT molecular complexity index is 622. The van der Waals surface area contributed by atoms with Crippen LogP contribution in [0.2, 0.25) is 0 Å². The fourth-order valence-corrected chi connectivity index (χ4v) is 1.56. The van der Waals surface area contributed by atoms with Crippen LogP contribution in [0.15, 0.2) is 28.9 Å². The molecule has 0 fully saturated rings. The molecule has 0 unspecified atom stereocenters. The van der Waals surface area contributed by atoms with Gasteiger partial charge in [-0.25, -0.2) is 4.79 Å². The molecule has 2 aromatic heterocycles. The van der Waals surface area contributed by atoms with E-state index in [4.69, 9.17) is 9.26 Å². The van der Waals surface area contributed by atoms with Gasteiger partial charge < -0.3 is 9.26 Å². The fraction of sp³-hybridized carbons (Fsp3) is 0.231. The molecule has 0 aromatic carbocycles. The number of rotatable bonds is 4. The Morgan fingerprint density at radius 1 is 1.40 bits per heavy atom. The van der Waals surface area contributed by atoms with Crippen molar-refractivity contribution in [2.75, 3.05) is 11.9 Å². The Morgan fingerprint density at radius 3 is 2.85 bits per heavy atom. The van der Waals surface area contributed by atoms with Crippen molar-refractivity contribution in [3.63, 3.8) is 0 Å². The lowest BCUT2D eigenvalue weighted by Crippen LogP contribution is -2.16. The van der Waals surface area contributed by atoms with Crippen LogP contribution in [0.1, 0.15) is 33.5 Å². The molecule has 0 atom stereocenters. The number of amides is 1. The van der Waals surface area contributed by atoms with Crippen molar-refractivity contribution < 1.29 is 18.8 Å². The van der Waals surface area contributed by atoms with Crippen molar-refractivity contribution >= 4 is 17.8 Å². The highest BCUT2D eigenvalue weighted by Crippen LogP contribution is 2.20. The van der Waals surface area contributed by atoms with Crippen molar-refractivity contribution in [3.05, 3.63) is 41.3 Å². The number of nitrogens with zero attached hydrogens (tertiary/aromatic N) is 2. The first-order valence-corrected chi connectivity index (χ1v) is 5.99. The lowest BCUT2D eigenvalue weighted by atomic mass is 10.2. The molecule has 2 heterocycles. The topological polar surface area (TPSA) is 94.3 Å². The average molecular weight is 275 g/mol. The number of carbonyl (C=O) groups excluding carboxylic acids is 2. The SMILES string of the molecule is CCOC(=O)c1c(C)noc1NC(=O)c1ccccn1. The van der Waals surface area contributed by atoms with E-state index in [1.807, 2.05) is 0 Å². The van der Waals surface area contributed by atoms with Gasteiger partial charge in [-0.1, -0.05) is 11.2 Å². The standard InChI is InChI=1S/C13H13N3O4/c1-3-19-13(18)10-8(2)16-20-12(10)15-11(17)9-6-4-5-7-14-9/h4-7H,3H2,1-2H3,(H,15,17). The van der Waals surface area contributed by atoms with Gasteiger partial charge >= 0.3 is 5.97 Å². The molecule has 2 rings (SSSR count). The molecule has 0 aliphatic heterocycles. The van der Waals surface area contributed by atoms with Crippen molar-refractivity contribution in [2.24, 2.45) is 0 Å². The smallest absolute Gasteiger partial charge is 0.345 e. The Kier molecular flexibility index (Phi) is 4.09. The van der Waals surface area contributed by atoms with Crippen LogP contribution in [0.3, 0.4) is 0 Å². The molecule has 7 heteroatoms. The van der Waals surface area contributed by atoms with Crippen molar-refractivity contribution in [1.82, 2.24) is 10.1 Å². The maximum Gasteiger partial charge on any atom is 0.345 e. The fourth-order valence-electron chi connectivity index (χ4n) is 1.56. The van der Waals surface area contributed by atoms with Crippen LogP contribution >= 0.6 is 0 Å². The molecule has 7 nitrogen and oxygen atoms in total. The molecule has 0 saturated carbocycles. The van der Waals surface area contributed by atoms with E-state index < -0.39 is 11.9 Å². The van der Waals surface area contributed by atoms with E-state index in [2.05, 4.69) is 15.5 Å². The van der Waals surface area contributed by atoms with E-state index in [9.17, 15) is 9.59 Å². The lowest BCUT2D eigenvalue weighted by Gasteiger charge is -2.04. The minimum Gasteiger partial charge on any atom is -0.462 e. The van der Waals surface area contributed by atoms with Gasteiger partial charge in [0.05, 0.1) is 12.3 Å².